The topological polar surface area (TPSA) is 21.3 Å². The van der Waals surface area contributed by atoms with Gasteiger partial charge in [-0.15, -0.1) is 6.42 Å². The van der Waals surface area contributed by atoms with Crippen molar-refractivity contribution < 1.29 is 4.84 Å². The highest BCUT2D eigenvalue weighted by Gasteiger charge is 2.23. The Hall–Kier alpha value is -1.30. The summed E-state index contributed by atoms with van der Waals surface area (Å²) in [4.78, 5) is 5.71. The van der Waals surface area contributed by atoms with Crippen molar-refractivity contribution in [2.45, 2.75) is 51.7 Å². The van der Waals surface area contributed by atoms with Gasteiger partial charge < -0.3 is 0 Å². The number of nitrogens with one attached hydrogen (secondary N) is 1. The molecule has 0 aromatic heterocycles. The second kappa shape index (κ2) is 6.04. The lowest BCUT2D eigenvalue weighted by Crippen LogP contribution is -2.44. The first-order valence-corrected chi connectivity index (χ1v) is 6.31. The Morgan fingerprint density at radius 1 is 1.17 bits per heavy atom. The van der Waals surface area contributed by atoms with E-state index in [1.165, 1.54) is 5.56 Å². The Kier molecular flexibility index (Phi) is 4.95. The summed E-state index contributed by atoms with van der Waals surface area (Å²) < 4.78 is 0. The van der Waals surface area contributed by atoms with Gasteiger partial charge in [0.25, 0.3) is 0 Å². The molecule has 1 aromatic carbocycles. The molecule has 0 radical (unpaired) electrons. The van der Waals surface area contributed by atoms with Crippen molar-refractivity contribution in [1.29, 1.82) is 0 Å². The fraction of sp³-hybridized carbons (Fsp3) is 0.500. The van der Waals surface area contributed by atoms with Crippen LogP contribution in [0.15, 0.2) is 30.3 Å². The summed E-state index contributed by atoms with van der Waals surface area (Å²) >= 11 is 0. The largest absolute Gasteiger partial charge is 0.294 e. The highest BCUT2D eigenvalue weighted by Crippen LogP contribution is 2.18. The minimum atomic E-state index is -0.440. The molecule has 0 aliphatic carbocycles. The first-order valence-electron chi connectivity index (χ1n) is 6.31. The van der Waals surface area contributed by atoms with E-state index in [0.717, 1.165) is 12.8 Å². The molecular weight excluding hydrogens is 222 g/mol. The summed E-state index contributed by atoms with van der Waals surface area (Å²) in [5.41, 5.74) is 3.59. The van der Waals surface area contributed by atoms with E-state index in [4.69, 9.17) is 11.3 Å². The maximum Gasteiger partial charge on any atom is 0.0976 e. The maximum absolute atomic E-state index is 5.71. The second-order valence-corrected chi connectivity index (χ2v) is 5.72. The van der Waals surface area contributed by atoms with Gasteiger partial charge in [0, 0.05) is 0 Å². The van der Waals surface area contributed by atoms with Gasteiger partial charge in [-0.25, -0.2) is 0 Å². The molecule has 1 rings (SSSR count). The third-order valence-electron chi connectivity index (χ3n) is 2.80. The SMILES string of the molecule is C#CC(C)(C)NOC(C)(C)CCc1ccccc1. The maximum atomic E-state index is 5.71. The average molecular weight is 245 g/mol. The number of hydrogen-bond donors (Lipinski definition) is 1. The zero-order chi connectivity index (χ0) is 13.6. The predicted molar refractivity (Wildman–Crippen MR) is 76.0 cm³/mol. The third-order valence-corrected chi connectivity index (χ3v) is 2.80. The van der Waals surface area contributed by atoms with E-state index in [-0.39, 0.29) is 5.60 Å². The molecule has 0 atom stereocenters. The smallest absolute Gasteiger partial charge is 0.0976 e. The molecule has 0 amide bonds. The van der Waals surface area contributed by atoms with E-state index in [2.05, 4.69) is 49.5 Å². The number of hydroxylamine groups is 1. The summed E-state index contributed by atoms with van der Waals surface area (Å²) in [5, 5.41) is 0. The Morgan fingerprint density at radius 3 is 2.33 bits per heavy atom. The molecule has 0 spiro atoms. The van der Waals surface area contributed by atoms with Gasteiger partial charge in [0.05, 0.1) is 11.1 Å². The van der Waals surface area contributed by atoms with Crippen molar-refractivity contribution in [3.05, 3.63) is 35.9 Å². The molecular formula is C16H23NO. The molecule has 18 heavy (non-hydrogen) atoms. The van der Waals surface area contributed by atoms with Crippen molar-refractivity contribution in [2.75, 3.05) is 0 Å². The molecule has 0 aliphatic heterocycles. The predicted octanol–water partition coefficient (Wildman–Crippen LogP) is 3.33. The van der Waals surface area contributed by atoms with Crippen LogP contribution in [0.4, 0.5) is 0 Å². The third kappa shape index (κ3) is 5.35. The van der Waals surface area contributed by atoms with Gasteiger partial charge >= 0.3 is 0 Å². The Balaban J connectivity index is 2.43. The number of terminal acetylenes is 1. The van der Waals surface area contributed by atoms with Crippen LogP contribution in [-0.2, 0) is 11.3 Å². The Bertz CT molecular complexity index is 401. The molecule has 0 heterocycles. The molecule has 0 aliphatic rings. The van der Waals surface area contributed by atoms with Crippen molar-refractivity contribution in [1.82, 2.24) is 5.48 Å². The highest BCUT2D eigenvalue weighted by molar-refractivity contribution is 5.15. The Labute approximate surface area is 111 Å². The molecule has 1 N–H and O–H groups in total. The first-order chi connectivity index (χ1) is 8.35. The molecule has 2 heteroatoms. The van der Waals surface area contributed by atoms with Crippen LogP contribution in [0, 0.1) is 12.3 Å². The van der Waals surface area contributed by atoms with Gasteiger partial charge in [-0.05, 0) is 46.1 Å². The lowest BCUT2D eigenvalue weighted by Gasteiger charge is -2.29. The Morgan fingerprint density at radius 2 is 1.78 bits per heavy atom. The fourth-order valence-corrected chi connectivity index (χ4v) is 1.44. The van der Waals surface area contributed by atoms with Crippen molar-refractivity contribution in [2.24, 2.45) is 0 Å². The van der Waals surface area contributed by atoms with E-state index >= 15 is 0 Å². The van der Waals surface area contributed by atoms with Crippen LogP contribution >= 0.6 is 0 Å². The van der Waals surface area contributed by atoms with E-state index in [1.807, 2.05) is 19.9 Å². The average Bonchev–Trinajstić information content (AvgIpc) is 2.36. The number of hydrogen-bond acceptors (Lipinski definition) is 2. The summed E-state index contributed by atoms with van der Waals surface area (Å²) in [6.45, 7) is 7.96. The quantitative estimate of drug-likeness (QED) is 0.613. The normalized spacial score (nSPS) is 12.2. The number of benzene rings is 1. The standard InChI is InChI=1S/C16H23NO/c1-6-15(2,3)17-18-16(4,5)13-12-14-10-8-7-9-11-14/h1,7-11,17H,12-13H2,2-5H3. The molecule has 1 aromatic rings. The van der Waals surface area contributed by atoms with Crippen LogP contribution in [0.25, 0.3) is 0 Å². The van der Waals surface area contributed by atoms with Crippen LogP contribution < -0.4 is 5.48 Å². The first kappa shape index (κ1) is 14.8. The van der Waals surface area contributed by atoms with Crippen LogP contribution in [0.5, 0.6) is 0 Å². The summed E-state index contributed by atoms with van der Waals surface area (Å²) in [7, 11) is 0. The molecule has 0 bridgehead atoms. The number of aryl methyl sites for hydroxylation is 1. The van der Waals surface area contributed by atoms with E-state index in [9.17, 15) is 0 Å². The monoisotopic (exact) mass is 245 g/mol. The van der Waals surface area contributed by atoms with Crippen LogP contribution in [-0.4, -0.2) is 11.1 Å². The van der Waals surface area contributed by atoms with Crippen LogP contribution in [0.2, 0.25) is 0 Å². The van der Waals surface area contributed by atoms with Gasteiger partial charge in [0.1, 0.15) is 0 Å². The van der Waals surface area contributed by atoms with Crippen LogP contribution in [0.3, 0.4) is 0 Å². The lowest BCUT2D eigenvalue weighted by atomic mass is 9.99. The van der Waals surface area contributed by atoms with E-state index in [0.29, 0.717) is 0 Å². The summed E-state index contributed by atoms with van der Waals surface area (Å²) in [6.07, 6.45) is 7.34. The van der Waals surface area contributed by atoms with E-state index in [1.54, 1.807) is 0 Å². The van der Waals surface area contributed by atoms with Gasteiger partial charge in [-0.2, -0.15) is 5.48 Å². The van der Waals surface area contributed by atoms with Gasteiger partial charge in [0.15, 0.2) is 0 Å². The minimum Gasteiger partial charge on any atom is -0.294 e. The minimum absolute atomic E-state index is 0.246. The number of rotatable bonds is 6. The van der Waals surface area contributed by atoms with E-state index < -0.39 is 5.54 Å². The van der Waals surface area contributed by atoms with Gasteiger partial charge in [-0.1, -0.05) is 36.3 Å². The summed E-state index contributed by atoms with van der Waals surface area (Å²) in [5.74, 6) is 2.65. The van der Waals surface area contributed by atoms with Crippen molar-refractivity contribution in [3.63, 3.8) is 0 Å². The summed E-state index contributed by atoms with van der Waals surface area (Å²) in [6, 6.07) is 10.4. The van der Waals surface area contributed by atoms with Gasteiger partial charge in [-0.3, -0.25) is 4.84 Å². The molecule has 0 fully saturated rings. The second-order valence-electron chi connectivity index (χ2n) is 5.72. The molecule has 2 nitrogen and oxygen atoms in total. The fourth-order valence-electron chi connectivity index (χ4n) is 1.44. The van der Waals surface area contributed by atoms with Crippen molar-refractivity contribution >= 4 is 0 Å². The zero-order valence-electron chi connectivity index (χ0n) is 11.8. The van der Waals surface area contributed by atoms with Crippen LogP contribution in [0.1, 0.15) is 39.7 Å². The van der Waals surface area contributed by atoms with Gasteiger partial charge in [0.2, 0.25) is 0 Å². The highest BCUT2D eigenvalue weighted by atomic mass is 16.7. The van der Waals surface area contributed by atoms with Crippen molar-refractivity contribution in [3.8, 4) is 12.3 Å². The zero-order valence-corrected chi connectivity index (χ0v) is 11.8. The lowest BCUT2D eigenvalue weighted by molar-refractivity contribution is -0.109. The molecule has 0 saturated heterocycles. The molecule has 0 unspecified atom stereocenters. The molecule has 0 saturated carbocycles. The molecule has 98 valence electrons.